The van der Waals surface area contributed by atoms with Crippen LogP contribution in [0.25, 0.3) is 5.69 Å². The number of imidazole rings is 1. The van der Waals surface area contributed by atoms with Crippen molar-refractivity contribution >= 4 is 17.7 Å². The predicted octanol–water partition coefficient (Wildman–Crippen LogP) is 3.58. The maximum atomic E-state index is 12.5. The van der Waals surface area contributed by atoms with Gasteiger partial charge in [-0.05, 0) is 48.6 Å². The quantitative estimate of drug-likeness (QED) is 0.589. The van der Waals surface area contributed by atoms with Crippen molar-refractivity contribution in [1.29, 1.82) is 0 Å². The lowest BCUT2D eigenvalue weighted by atomic mass is 10.1. The van der Waals surface area contributed by atoms with Crippen LogP contribution in [0.2, 0.25) is 0 Å². The summed E-state index contributed by atoms with van der Waals surface area (Å²) < 4.78 is 12.5. The first-order valence-electron chi connectivity index (χ1n) is 8.83. The van der Waals surface area contributed by atoms with Gasteiger partial charge < -0.3 is 14.8 Å². The SMILES string of the molecule is COc1ccc(CCNC(=O)c2cccc(-n3ccnc3SC)c2)cc1OC. The number of nitrogens with zero attached hydrogens (tertiary/aromatic N) is 2. The van der Waals surface area contributed by atoms with Crippen molar-refractivity contribution in [1.82, 2.24) is 14.9 Å². The summed E-state index contributed by atoms with van der Waals surface area (Å²) >= 11 is 1.56. The molecule has 1 aromatic heterocycles. The first-order valence-corrected chi connectivity index (χ1v) is 10.1. The zero-order chi connectivity index (χ0) is 19.9. The molecule has 0 spiro atoms. The number of rotatable bonds is 8. The fraction of sp³-hybridized carbons (Fsp3) is 0.238. The molecule has 1 heterocycles. The molecule has 0 unspecified atom stereocenters. The van der Waals surface area contributed by atoms with Gasteiger partial charge in [0.25, 0.3) is 5.91 Å². The molecular formula is C21H23N3O3S. The number of ether oxygens (including phenoxy) is 2. The molecule has 1 N–H and O–H groups in total. The second-order valence-corrected chi connectivity index (χ2v) is 6.80. The fourth-order valence-electron chi connectivity index (χ4n) is 2.89. The van der Waals surface area contributed by atoms with Crippen LogP contribution in [0, 0.1) is 0 Å². The van der Waals surface area contributed by atoms with Crippen molar-refractivity contribution in [2.45, 2.75) is 11.6 Å². The van der Waals surface area contributed by atoms with Gasteiger partial charge in [-0.2, -0.15) is 0 Å². The minimum Gasteiger partial charge on any atom is -0.493 e. The molecule has 28 heavy (non-hydrogen) atoms. The number of thioether (sulfide) groups is 1. The second kappa shape index (κ2) is 9.32. The lowest BCUT2D eigenvalue weighted by Gasteiger charge is -2.11. The Morgan fingerprint density at radius 1 is 1.14 bits per heavy atom. The number of aromatic nitrogens is 2. The maximum absolute atomic E-state index is 12.5. The van der Waals surface area contributed by atoms with Crippen LogP contribution >= 0.6 is 11.8 Å². The predicted molar refractivity (Wildman–Crippen MR) is 111 cm³/mol. The highest BCUT2D eigenvalue weighted by molar-refractivity contribution is 7.98. The van der Waals surface area contributed by atoms with E-state index < -0.39 is 0 Å². The van der Waals surface area contributed by atoms with Crippen molar-refractivity contribution in [2.75, 3.05) is 27.0 Å². The van der Waals surface area contributed by atoms with Crippen LogP contribution < -0.4 is 14.8 Å². The van der Waals surface area contributed by atoms with Gasteiger partial charge in [0.1, 0.15) is 0 Å². The minimum absolute atomic E-state index is 0.104. The summed E-state index contributed by atoms with van der Waals surface area (Å²) in [6, 6.07) is 13.3. The van der Waals surface area contributed by atoms with Crippen LogP contribution in [-0.2, 0) is 6.42 Å². The van der Waals surface area contributed by atoms with Crippen molar-refractivity contribution in [3.05, 3.63) is 66.0 Å². The molecule has 146 valence electrons. The third-order valence-electron chi connectivity index (χ3n) is 4.32. The number of benzene rings is 2. The van der Waals surface area contributed by atoms with E-state index in [1.807, 2.05) is 59.5 Å². The summed E-state index contributed by atoms with van der Waals surface area (Å²) in [6.07, 6.45) is 6.31. The number of carbonyl (C=O) groups excluding carboxylic acids is 1. The maximum Gasteiger partial charge on any atom is 0.251 e. The van der Waals surface area contributed by atoms with Gasteiger partial charge in [-0.15, -0.1) is 0 Å². The van der Waals surface area contributed by atoms with Crippen molar-refractivity contribution in [3.8, 4) is 17.2 Å². The van der Waals surface area contributed by atoms with E-state index in [9.17, 15) is 4.79 Å². The number of nitrogens with one attached hydrogen (secondary N) is 1. The third kappa shape index (κ3) is 4.48. The van der Waals surface area contributed by atoms with Crippen LogP contribution in [0.15, 0.2) is 60.0 Å². The van der Waals surface area contributed by atoms with E-state index in [1.54, 1.807) is 32.2 Å². The Balaban J connectivity index is 1.63. The van der Waals surface area contributed by atoms with E-state index in [2.05, 4.69) is 10.3 Å². The zero-order valence-corrected chi connectivity index (χ0v) is 17.0. The van der Waals surface area contributed by atoms with E-state index in [0.717, 1.165) is 16.4 Å². The molecule has 7 heteroatoms. The fourth-order valence-corrected chi connectivity index (χ4v) is 3.42. The molecule has 0 aliphatic heterocycles. The molecule has 0 radical (unpaired) electrons. The van der Waals surface area contributed by atoms with Gasteiger partial charge in [-0.3, -0.25) is 9.36 Å². The summed E-state index contributed by atoms with van der Waals surface area (Å²) in [4.78, 5) is 16.9. The first-order chi connectivity index (χ1) is 13.7. The summed E-state index contributed by atoms with van der Waals surface area (Å²) in [5.41, 5.74) is 2.59. The molecule has 1 amide bonds. The molecule has 6 nitrogen and oxygen atoms in total. The molecule has 2 aromatic carbocycles. The third-order valence-corrected chi connectivity index (χ3v) is 4.99. The molecule has 3 rings (SSSR count). The molecule has 0 atom stereocenters. The summed E-state index contributed by atoms with van der Waals surface area (Å²) in [5, 5.41) is 3.85. The van der Waals surface area contributed by atoms with Gasteiger partial charge in [0.15, 0.2) is 16.7 Å². The monoisotopic (exact) mass is 397 g/mol. The van der Waals surface area contributed by atoms with Gasteiger partial charge in [-0.1, -0.05) is 23.9 Å². The minimum atomic E-state index is -0.104. The van der Waals surface area contributed by atoms with Crippen LogP contribution in [0.5, 0.6) is 11.5 Å². The molecule has 0 aliphatic carbocycles. The summed E-state index contributed by atoms with van der Waals surface area (Å²) in [7, 11) is 3.22. The van der Waals surface area contributed by atoms with Gasteiger partial charge in [-0.25, -0.2) is 4.98 Å². The Bertz CT molecular complexity index is 956. The van der Waals surface area contributed by atoms with Crippen molar-refractivity contribution < 1.29 is 14.3 Å². The highest BCUT2D eigenvalue weighted by atomic mass is 32.2. The van der Waals surface area contributed by atoms with Gasteiger partial charge in [0.2, 0.25) is 0 Å². The van der Waals surface area contributed by atoms with Crippen LogP contribution in [0.3, 0.4) is 0 Å². The molecule has 0 aliphatic rings. The number of amides is 1. The average molecular weight is 398 g/mol. The van der Waals surface area contributed by atoms with Gasteiger partial charge in [0, 0.05) is 30.2 Å². The Morgan fingerprint density at radius 3 is 2.71 bits per heavy atom. The molecule has 0 saturated heterocycles. The molecular weight excluding hydrogens is 374 g/mol. The highest BCUT2D eigenvalue weighted by Gasteiger charge is 2.10. The van der Waals surface area contributed by atoms with E-state index in [4.69, 9.17) is 9.47 Å². The topological polar surface area (TPSA) is 65.4 Å². The standard InChI is InChI=1S/C21H23N3O3S/c1-26-18-8-7-15(13-19(18)27-2)9-10-22-20(25)16-5-4-6-17(14-16)24-12-11-23-21(24)28-3/h4-8,11-14H,9-10H2,1-3H3,(H,22,25). The Hall–Kier alpha value is -2.93. The van der Waals surface area contributed by atoms with Gasteiger partial charge in [0.05, 0.1) is 14.2 Å². The molecule has 0 saturated carbocycles. The van der Waals surface area contributed by atoms with Crippen LogP contribution in [-0.4, -0.2) is 42.5 Å². The number of hydrogen-bond donors (Lipinski definition) is 1. The number of hydrogen-bond acceptors (Lipinski definition) is 5. The van der Waals surface area contributed by atoms with E-state index >= 15 is 0 Å². The van der Waals surface area contributed by atoms with Crippen LogP contribution in [0.1, 0.15) is 15.9 Å². The van der Waals surface area contributed by atoms with E-state index in [0.29, 0.717) is 30.0 Å². The number of carbonyl (C=O) groups is 1. The molecule has 0 bridgehead atoms. The van der Waals surface area contributed by atoms with Crippen LogP contribution in [0.4, 0.5) is 0 Å². The lowest BCUT2D eigenvalue weighted by molar-refractivity contribution is 0.0954. The molecule has 3 aromatic rings. The molecule has 0 fully saturated rings. The lowest BCUT2D eigenvalue weighted by Crippen LogP contribution is -2.25. The first kappa shape index (κ1) is 19.8. The average Bonchev–Trinajstić information content (AvgIpc) is 3.22. The normalized spacial score (nSPS) is 10.5. The van der Waals surface area contributed by atoms with E-state index in [1.165, 1.54) is 0 Å². The summed E-state index contributed by atoms with van der Waals surface area (Å²) in [5.74, 6) is 1.27. The Labute approximate surface area is 168 Å². The summed E-state index contributed by atoms with van der Waals surface area (Å²) in [6.45, 7) is 0.527. The second-order valence-electron chi connectivity index (χ2n) is 6.03. The zero-order valence-electron chi connectivity index (χ0n) is 16.1. The Kier molecular flexibility index (Phi) is 6.60. The van der Waals surface area contributed by atoms with Gasteiger partial charge >= 0.3 is 0 Å². The van der Waals surface area contributed by atoms with Crippen molar-refractivity contribution in [3.63, 3.8) is 0 Å². The number of methoxy groups -OCH3 is 2. The Morgan fingerprint density at radius 2 is 1.96 bits per heavy atom. The highest BCUT2D eigenvalue weighted by Crippen LogP contribution is 2.27. The smallest absolute Gasteiger partial charge is 0.251 e. The largest absolute Gasteiger partial charge is 0.493 e. The van der Waals surface area contributed by atoms with E-state index in [-0.39, 0.29) is 5.91 Å². The van der Waals surface area contributed by atoms with Crippen molar-refractivity contribution in [2.24, 2.45) is 0 Å².